The van der Waals surface area contributed by atoms with Gasteiger partial charge >= 0.3 is 0 Å². The summed E-state index contributed by atoms with van der Waals surface area (Å²) in [6, 6.07) is 6.49. The molecule has 2 rings (SSSR count). The number of aryl methyl sites for hydroxylation is 2. The first kappa shape index (κ1) is 11.5. The van der Waals surface area contributed by atoms with E-state index in [2.05, 4.69) is 35.0 Å². The second-order valence-corrected chi connectivity index (χ2v) is 4.56. The van der Waals surface area contributed by atoms with Gasteiger partial charge in [0.15, 0.2) is 0 Å². The number of aromatic nitrogens is 1. The fourth-order valence-electron chi connectivity index (χ4n) is 2.08. The fraction of sp³-hybridized carbons (Fsp3) is 0.385. The molecule has 1 heterocycles. The van der Waals surface area contributed by atoms with E-state index in [-0.39, 0.29) is 0 Å². The topological polar surface area (TPSA) is 17.0 Å². The zero-order chi connectivity index (χ0) is 11.7. The van der Waals surface area contributed by atoms with Crippen molar-refractivity contribution in [3.8, 4) is 0 Å². The summed E-state index contributed by atoms with van der Waals surface area (Å²) in [7, 11) is 3.98. The maximum absolute atomic E-state index is 6.36. The molecule has 2 nitrogen and oxygen atoms in total. The van der Waals surface area contributed by atoms with Gasteiger partial charge in [0, 0.05) is 18.0 Å². The van der Waals surface area contributed by atoms with E-state index in [1.54, 1.807) is 0 Å². The van der Waals surface area contributed by atoms with Crippen LogP contribution in [0.5, 0.6) is 0 Å². The molecule has 0 radical (unpaired) electrons. The smallest absolute Gasteiger partial charge is 0.113 e. The van der Waals surface area contributed by atoms with Gasteiger partial charge in [0.05, 0.1) is 0 Å². The van der Waals surface area contributed by atoms with Gasteiger partial charge in [0.1, 0.15) is 5.15 Å². The number of likely N-dealkylation sites (N-methyl/N-ethyl adjacent to an activating group) is 1. The Morgan fingerprint density at radius 1 is 1.38 bits per heavy atom. The van der Waals surface area contributed by atoms with Gasteiger partial charge in [-0.3, -0.25) is 0 Å². The van der Waals surface area contributed by atoms with Gasteiger partial charge in [-0.1, -0.05) is 23.7 Å². The molecule has 0 saturated heterocycles. The molecule has 1 aromatic heterocycles. The quantitative estimate of drug-likeness (QED) is 0.867. The van der Waals surface area contributed by atoms with Gasteiger partial charge in [-0.15, -0.1) is 0 Å². The second kappa shape index (κ2) is 4.48. The molecule has 0 aliphatic rings. The molecular formula is C13H17ClN2. The van der Waals surface area contributed by atoms with Crippen LogP contribution in [0.25, 0.3) is 10.9 Å². The SMILES string of the molecule is CNCCc1c(Cl)n(C)c2cc(C)ccc12. The van der Waals surface area contributed by atoms with Gasteiger partial charge in [-0.25, -0.2) is 0 Å². The zero-order valence-corrected chi connectivity index (χ0v) is 10.7. The Morgan fingerprint density at radius 2 is 2.12 bits per heavy atom. The van der Waals surface area contributed by atoms with Crippen molar-refractivity contribution in [2.24, 2.45) is 7.05 Å². The van der Waals surface area contributed by atoms with Crippen molar-refractivity contribution in [1.29, 1.82) is 0 Å². The Morgan fingerprint density at radius 3 is 2.81 bits per heavy atom. The van der Waals surface area contributed by atoms with Crippen LogP contribution >= 0.6 is 11.6 Å². The van der Waals surface area contributed by atoms with E-state index in [1.165, 1.54) is 22.0 Å². The number of fused-ring (bicyclic) bond motifs is 1. The minimum Gasteiger partial charge on any atom is -0.335 e. The van der Waals surface area contributed by atoms with Crippen LogP contribution in [-0.2, 0) is 13.5 Å². The van der Waals surface area contributed by atoms with Gasteiger partial charge in [0.2, 0.25) is 0 Å². The molecule has 1 N–H and O–H groups in total. The molecule has 0 fully saturated rings. The monoisotopic (exact) mass is 236 g/mol. The third kappa shape index (κ3) is 1.83. The maximum atomic E-state index is 6.36. The summed E-state index contributed by atoms with van der Waals surface area (Å²) in [5.74, 6) is 0. The lowest BCUT2D eigenvalue weighted by molar-refractivity contribution is 0.791. The molecule has 0 aliphatic heterocycles. The summed E-state index contributed by atoms with van der Waals surface area (Å²) in [6.07, 6.45) is 0.968. The van der Waals surface area contributed by atoms with Crippen LogP contribution in [0, 0.1) is 6.92 Å². The van der Waals surface area contributed by atoms with Crippen molar-refractivity contribution in [3.05, 3.63) is 34.5 Å². The van der Waals surface area contributed by atoms with Crippen LogP contribution in [0.4, 0.5) is 0 Å². The highest BCUT2D eigenvalue weighted by atomic mass is 35.5. The molecule has 0 atom stereocenters. The number of hydrogen-bond donors (Lipinski definition) is 1. The van der Waals surface area contributed by atoms with Crippen molar-refractivity contribution in [1.82, 2.24) is 9.88 Å². The molecule has 1 aromatic carbocycles. The van der Waals surface area contributed by atoms with E-state index in [9.17, 15) is 0 Å². The first-order chi connectivity index (χ1) is 7.65. The Bertz CT molecular complexity index is 514. The molecular weight excluding hydrogens is 220 g/mol. The molecule has 0 saturated carbocycles. The number of benzene rings is 1. The van der Waals surface area contributed by atoms with Gasteiger partial charge in [-0.2, -0.15) is 0 Å². The lowest BCUT2D eigenvalue weighted by Gasteiger charge is -1.99. The summed E-state index contributed by atoms with van der Waals surface area (Å²) >= 11 is 6.36. The van der Waals surface area contributed by atoms with Crippen molar-refractivity contribution < 1.29 is 0 Å². The Kier molecular flexibility index (Phi) is 3.22. The highest BCUT2D eigenvalue weighted by Gasteiger charge is 2.12. The minimum absolute atomic E-state index is 0.857. The summed E-state index contributed by atoms with van der Waals surface area (Å²) < 4.78 is 2.06. The Hall–Kier alpha value is -0.990. The van der Waals surface area contributed by atoms with Crippen LogP contribution in [0.2, 0.25) is 5.15 Å². The highest BCUT2D eigenvalue weighted by Crippen LogP contribution is 2.29. The van der Waals surface area contributed by atoms with Crippen LogP contribution < -0.4 is 5.32 Å². The summed E-state index contributed by atoms with van der Waals surface area (Å²) in [5, 5.41) is 5.29. The van der Waals surface area contributed by atoms with E-state index in [4.69, 9.17) is 11.6 Å². The van der Waals surface area contributed by atoms with E-state index in [1.807, 2.05) is 14.1 Å². The number of nitrogens with one attached hydrogen (secondary N) is 1. The lowest BCUT2D eigenvalue weighted by Crippen LogP contribution is -2.10. The largest absolute Gasteiger partial charge is 0.335 e. The summed E-state index contributed by atoms with van der Waals surface area (Å²) in [4.78, 5) is 0. The summed E-state index contributed by atoms with van der Waals surface area (Å²) in [5.41, 5.74) is 3.73. The van der Waals surface area contributed by atoms with Gasteiger partial charge in [-0.05, 0) is 44.1 Å². The first-order valence-corrected chi connectivity index (χ1v) is 5.91. The average molecular weight is 237 g/mol. The lowest BCUT2D eigenvalue weighted by atomic mass is 10.1. The molecule has 0 bridgehead atoms. The molecule has 0 spiro atoms. The van der Waals surface area contributed by atoms with Crippen molar-refractivity contribution in [2.75, 3.05) is 13.6 Å². The molecule has 0 aliphatic carbocycles. The van der Waals surface area contributed by atoms with Crippen molar-refractivity contribution >= 4 is 22.5 Å². The van der Waals surface area contributed by atoms with Crippen LogP contribution in [0.15, 0.2) is 18.2 Å². The van der Waals surface area contributed by atoms with E-state index in [0.717, 1.165) is 18.1 Å². The van der Waals surface area contributed by atoms with E-state index >= 15 is 0 Å². The second-order valence-electron chi connectivity index (χ2n) is 4.20. The zero-order valence-electron chi connectivity index (χ0n) is 9.97. The number of halogens is 1. The van der Waals surface area contributed by atoms with Gasteiger partial charge < -0.3 is 9.88 Å². The highest BCUT2D eigenvalue weighted by molar-refractivity contribution is 6.32. The minimum atomic E-state index is 0.857. The maximum Gasteiger partial charge on any atom is 0.113 e. The third-order valence-corrected chi connectivity index (χ3v) is 3.49. The predicted molar refractivity (Wildman–Crippen MR) is 70.3 cm³/mol. The molecule has 16 heavy (non-hydrogen) atoms. The normalized spacial score (nSPS) is 11.2. The number of nitrogens with zero attached hydrogens (tertiary/aromatic N) is 1. The van der Waals surface area contributed by atoms with E-state index in [0.29, 0.717) is 0 Å². The van der Waals surface area contributed by atoms with Gasteiger partial charge in [0.25, 0.3) is 0 Å². The predicted octanol–water partition coefficient (Wildman–Crippen LogP) is 2.90. The number of hydrogen-bond acceptors (Lipinski definition) is 1. The molecule has 86 valence electrons. The molecule has 3 heteroatoms. The molecule has 0 unspecified atom stereocenters. The third-order valence-electron chi connectivity index (χ3n) is 3.01. The van der Waals surface area contributed by atoms with E-state index < -0.39 is 0 Å². The fourth-order valence-corrected chi connectivity index (χ4v) is 2.37. The number of rotatable bonds is 3. The molecule has 0 amide bonds. The summed E-state index contributed by atoms with van der Waals surface area (Å²) in [6.45, 7) is 3.06. The standard InChI is InChI=1S/C13H17ClN2/c1-9-4-5-10-11(6-7-15-2)13(14)16(3)12(10)8-9/h4-5,8,15H,6-7H2,1-3H3. The first-order valence-electron chi connectivity index (χ1n) is 5.53. The van der Waals surface area contributed by atoms with Crippen LogP contribution in [0.3, 0.4) is 0 Å². The molecule has 2 aromatic rings. The van der Waals surface area contributed by atoms with Crippen molar-refractivity contribution in [3.63, 3.8) is 0 Å². The average Bonchev–Trinajstić information content (AvgIpc) is 2.50. The van der Waals surface area contributed by atoms with Crippen LogP contribution in [-0.4, -0.2) is 18.2 Å². The Balaban J connectivity index is 2.59. The van der Waals surface area contributed by atoms with Crippen LogP contribution in [0.1, 0.15) is 11.1 Å². The Labute approximate surface area is 101 Å². The van der Waals surface area contributed by atoms with Crippen molar-refractivity contribution in [2.45, 2.75) is 13.3 Å².